The molecule has 0 radical (unpaired) electrons. The molecule has 1 amide bonds. The maximum Gasteiger partial charge on any atom is 0.405 e. The van der Waals surface area contributed by atoms with Crippen molar-refractivity contribution in [1.29, 1.82) is 0 Å². The van der Waals surface area contributed by atoms with Crippen LogP contribution < -0.4 is 10.0 Å². The van der Waals surface area contributed by atoms with E-state index in [0.29, 0.717) is 0 Å². The van der Waals surface area contributed by atoms with Gasteiger partial charge in [-0.3, -0.25) is 14.2 Å². The van der Waals surface area contributed by atoms with Crippen molar-refractivity contribution in [1.82, 2.24) is 15.1 Å². The molecular weight excluding hydrogens is 349 g/mol. The first-order valence-corrected chi connectivity index (χ1v) is 8.02. The van der Waals surface area contributed by atoms with E-state index in [1.54, 1.807) is 12.4 Å². The highest BCUT2D eigenvalue weighted by atomic mass is 32.2. The molecule has 130 valence electrons. The van der Waals surface area contributed by atoms with Crippen LogP contribution in [0.1, 0.15) is 10.4 Å². The van der Waals surface area contributed by atoms with Crippen molar-refractivity contribution in [2.45, 2.75) is 11.1 Å². The number of benzene rings is 1. The van der Waals surface area contributed by atoms with Gasteiger partial charge in [0.15, 0.2) is 0 Å². The molecule has 2 rings (SSSR count). The SMILES string of the molecule is Cn1cc(NS(=O)(=O)c2cccc(C(=O)NCC(F)(F)F)c2)cn1. The zero-order valence-electron chi connectivity index (χ0n) is 12.3. The summed E-state index contributed by atoms with van der Waals surface area (Å²) in [6, 6.07) is 4.69. The molecule has 0 fully saturated rings. The second-order valence-electron chi connectivity index (χ2n) is 4.83. The highest BCUT2D eigenvalue weighted by Crippen LogP contribution is 2.17. The Balaban J connectivity index is 2.18. The Morgan fingerprint density at radius 3 is 2.62 bits per heavy atom. The van der Waals surface area contributed by atoms with E-state index in [-0.39, 0.29) is 16.1 Å². The van der Waals surface area contributed by atoms with E-state index in [1.165, 1.54) is 35.3 Å². The molecule has 2 N–H and O–H groups in total. The standard InChI is InChI=1S/C13H13F3N4O3S/c1-20-7-10(6-18-20)19-24(22,23)11-4-2-3-9(5-11)12(21)17-8-13(14,15)16/h2-7,19H,8H2,1H3,(H,17,21). The lowest BCUT2D eigenvalue weighted by molar-refractivity contribution is -0.123. The molecule has 1 aromatic heterocycles. The Kier molecular flexibility index (Phi) is 4.83. The van der Waals surface area contributed by atoms with Gasteiger partial charge in [-0.15, -0.1) is 0 Å². The van der Waals surface area contributed by atoms with Crippen LogP contribution >= 0.6 is 0 Å². The molecule has 1 aromatic carbocycles. The fourth-order valence-corrected chi connectivity index (χ4v) is 2.85. The van der Waals surface area contributed by atoms with E-state index in [9.17, 15) is 26.4 Å². The van der Waals surface area contributed by atoms with E-state index in [4.69, 9.17) is 0 Å². The molecule has 24 heavy (non-hydrogen) atoms. The summed E-state index contributed by atoms with van der Waals surface area (Å²) < 4.78 is 64.5. The van der Waals surface area contributed by atoms with E-state index in [1.807, 2.05) is 0 Å². The molecular formula is C13H13F3N4O3S. The normalized spacial score (nSPS) is 12.0. The average Bonchev–Trinajstić information content (AvgIpc) is 2.88. The fraction of sp³-hybridized carbons (Fsp3) is 0.231. The number of hydrogen-bond donors (Lipinski definition) is 2. The largest absolute Gasteiger partial charge is 0.405 e. The number of aromatic nitrogens is 2. The van der Waals surface area contributed by atoms with Crippen LogP contribution in [-0.2, 0) is 17.1 Å². The van der Waals surface area contributed by atoms with Gasteiger partial charge in [0.05, 0.1) is 16.8 Å². The van der Waals surface area contributed by atoms with Gasteiger partial charge in [0, 0.05) is 18.8 Å². The Morgan fingerprint density at radius 2 is 2.04 bits per heavy atom. The molecule has 11 heteroatoms. The van der Waals surface area contributed by atoms with E-state index in [0.717, 1.165) is 6.07 Å². The lowest BCUT2D eigenvalue weighted by Crippen LogP contribution is -2.33. The van der Waals surface area contributed by atoms with Gasteiger partial charge in [-0.1, -0.05) is 6.07 Å². The Labute approximate surface area is 135 Å². The molecule has 7 nitrogen and oxygen atoms in total. The van der Waals surface area contributed by atoms with E-state index >= 15 is 0 Å². The topological polar surface area (TPSA) is 93.1 Å². The quantitative estimate of drug-likeness (QED) is 0.843. The highest BCUT2D eigenvalue weighted by molar-refractivity contribution is 7.92. The van der Waals surface area contributed by atoms with Gasteiger partial charge in [0.2, 0.25) is 0 Å². The molecule has 0 unspecified atom stereocenters. The molecule has 0 bridgehead atoms. The lowest BCUT2D eigenvalue weighted by Gasteiger charge is -2.10. The Morgan fingerprint density at radius 1 is 1.33 bits per heavy atom. The number of amides is 1. The molecule has 0 saturated heterocycles. The van der Waals surface area contributed by atoms with Crippen LogP contribution in [0.3, 0.4) is 0 Å². The third kappa shape index (κ3) is 4.72. The predicted octanol–water partition coefficient (Wildman–Crippen LogP) is 1.51. The number of carbonyl (C=O) groups excluding carboxylic acids is 1. The molecule has 0 atom stereocenters. The van der Waals surface area contributed by atoms with Gasteiger partial charge in [0.1, 0.15) is 6.54 Å². The summed E-state index contributed by atoms with van der Waals surface area (Å²) in [5.41, 5.74) is 0.0118. The third-order valence-electron chi connectivity index (χ3n) is 2.81. The first kappa shape index (κ1) is 17.8. The van der Waals surface area contributed by atoms with Crippen LogP contribution in [0.25, 0.3) is 0 Å². The van der Waals surface area contributed by atoms with Crippen molar-refractivity contribution in [2.24, 2.45) is 7.05 Å². The molecule has 1 heterocycles. The maximum absolute atomic E-state index is 12.2. The van der Waals surface area contributed by atoms with E-state index in [2.05, 4.69) is 9.82 Å². The summed E-state index contributed by atoms with van der Waals surface area (Å²) in [5.74, 6) is -1.02. The van der Waals surface area contributed by atoms with E-state index < -0.39 is 28.7 Å². The molecule has 0 aliphatic heterocycles. The van der Waals surface area contributed by atoms with Crippen molar-refractivity contribution in [3.05, 3.63) is 42.2 Å². The summed E-state index contributed by atoms with van der Waals surface area (Å²) in [4.78, 5) is 11.4. The first-order valence-electron chi connectivity index (χ1n) is 6.53. The summed E-state index contributed by atoms with van der Waals surface area (Å²) >= 11 is 0. The van der Waals surface area contributed by atoms with Gasteiger partial charge in [-0.05, 0) is 18.2 Å². The Hall–Kier alpha value is -2.56. The minimum atomic E-state index is -4.55. The zero-order chi connectivity index (χ0) is 18.0. The maximum atomic E-state index is 12.2. The smallest absolute Gasteiger partial charge is 0.343 e. The molecule has 0 aliphatic rings. The first-order chi connectivity index (χ1) is 11.1. The predicted molar refractivity (Wildman–Crippen MR) is 78.8 cm³/mol. The molecule has 2 aromatic rings. The zero-order valence-corrected chi connectivity index (χ0v) is 13.1. The highest BCUT2D eigenvalue weighted by Gasteiger charge is 2.28. The Bertz CT molecular complexity index is 846. The van der Waals surface area contributed by atoms with Crippen LogP contribution in [-0.4, -0.2) is 36.8 Å². The summed E-state index contributed by atoms with van der Waals surface area (Å²) in [6.07, 6.45) is -1.84. The molecule has 0 saturated carbocycles. The lowest BCUT2D eigenvalue weighted by atomic mass is 10.2. The van der Waals surface area contributed by atoms with Gasteiger partial charge in [-0.2, -0.15) is 18.3 Å². The fourth-order valence-electron chi connectivity index (χ4n) is 1.78. The van der Waals surface area contributed by atoms with Crippen LogP contribution in [0, 0.1) is 0 Å². The molecule has 0 spiro atoms. The summed E-state index contributed by atoms with van der Waals surface area (Å²) in [6.45, 7) is -1.50. The summed E-state index contributed by atoms with van der Waals surface area (Å²) in [7, 11) is -2.40. The van der Waals surface area contributed by atoms with Crippen LogP contribution in [0.4, 0.5) is 18.9 Å². The van der Waals surface area contributed by atoms with Crippen LogP contribution in [0.5, 0.6) is 0 Å². The molecule has 0 aliphatic carbocycles. The summed E-state index contributed by atoms with van der Waals surface area (Å²) in [5, 5.41) is 5.48. The number of sulfonamides is 1. The average molecular weight is 362 g/mol. The van der Waals surface area contributed by atoms with Crippen molar-refractivity contribution >= 4 is 21.6 Å². The second kappa shape index (κ2) is 6.51. The van der Waals surface area contributed by atoms with Crippen molar-refractivity contribution in [3.63, 3.8) is 0 Å². The second-order valence-corrected chi connectivity index (χ2v) is 6.52. The van der Waals surface area contributed by atoms with Crippen molar-refractivity contribution < 1.29 is 26.4 Å². The minimum Gasteiger partial charge on any atom is -0.343 e. The number of rotatable bonds is 5. The third-order valence-corrected chi connectivity index (χ3v) is 4.19. The number of nitrogens with one attached hydrogen (secondary N) is 2. The van der Waals surface area contributed by atoms with Gasteiger partial charge in [-0.25, -0.2) is 8.42 Å². The van der Waals surface area contributed by atoms with Crippen LogP contribution in [0.2, 0.25) is 0 Å². The van der Waals surface area contributed by atoms with Crippen LogP contribution in [0.15, 0.2) is 41.6 Å². The number of nitrogens with zero attached hydrogens (tertiary/aromatic N) is 2. The van der Waals surface area contributed by atoms with Crippen molar-refractivity contribution in [3.8, 4) is 0 Å². The number of anilines is 1. The minimum absolute atomic E-state index is 0.201. The van der Waals surface area contributed by atoms with Gasteiger partial charge < -0.3 is 5.32 Å². The number of aryl methyl sites for hydroxylation is 1. The monoisotopic (exact) mass is 362 g/mol. The van der Waals surface area contributed by atoms with Gasteiger partial charge in [0.25, 0.3) is 15.9 Å². The number of alkyl halides is 3. The number of hydrogen-bond acceptors (Lipinski definition) is 4. The van der Waals surface area contributed by atoms with Gasteiger partial charge >= 0.3 is 6.18 Å². The van der Waals surface area contributed by atoms with Crippen molar-refractivity contribution in [2.75, 3.05) is 11.3 Å². The number of carbonyl (C=O) groups is 1. The number of halogens is 3.